The van der Waals surface area contributed by atoms with E-state index in [-0.39, 0.29) is 11.2 Å². The van der Waals surface area contributed by atoms with Crippen molar-refractivity contribution in [3.05, 3.63) is 29.6 Å². The molecule has 4 heteroatoms. The Bertz CT molecular complexity index is 611. The van der Waals surface area contributed by atoms with Gasteiger partial charge in [-0.2, -0.15) is 0 Å². The van der Waals surface area contributed by atoms with Gasteiger partial charge in [0.05, 0.1) is 12.2 Å². The maximum Gasteiger partial charge on any atom is 0.123 e. The molecule has 0 amide bonds. The summed E-state index contributed by atoms with van der Waals surface area (Å²) in [6.07, 6.45) is 7.16. The molecule has 0 aliphatic carbocycles. The molecule has 1 aromatic carbocycles. The van der Waals surface area contributed by atoms with Crippen molar-refractivity contribution >= 4 is 5.69 Å². The molecule has 1 spiro atoms. The Morgan fingerprint density at radius 1 is 1.26 bits per heavy atom. The van der Waals surface area contributed by atoms with E-state index in [0.717, 1.165) is 44.1 Å². The van der Waals surface area contributed by atoms with Crippen LogP contribution in [0.5, 0.6) is 0 Å². The van der Waals surface area contributed by atoms with Gasteiger partial charge in [-0.05, 0) is 69.0 Å². The van der Waals surface area contributed by atoms with Crippen LogP contribution in [0.4, 0.5) is 10.1 Å². The number of ether oxygens (including phenoxy) is 1. The van der Waals surface area contributed by atoms with Gasteiger partial charge < -0.3 is 15.0 Å². The maximum absolute atomic E-state index is 13.7. The first-order valence-electron chi connectivity index (χ1n) is 9.14. The highest BCUT2D eigenvalue weighted by Gasteiger charge is 2.44. The Hall–Kier alpha value is -1.13. The molecule has 5 rings (SSSR count). The van der Waals surface area contributed by atoms with Crippen LogP contribution in [0.3, 0.4) is 0 Å². The molecule has 1 N–H and O–H groups in total. The molecule has 3 atom stereocenters. The fraction of sp³-hybridized carbons (Fsp3) is 0.684. The summed E-state index contributed by atoms with van der Waals surface area (Å²) in [5.41, 5.74) is 2.50. The second kappa shape index (κ2) is 5.18. The standard InChI is InChI=1S/C19H25FN2O/c20-14-1-3-17-16(10-14)19(12-21-17)5-7-22(8-6-19)11-13-9-15-2-4-18(13)23-15/h1,3,10,13,15,18,21H,2,4-9,11-12H2/t13?,15-,18-/m1/s1. The molecular formula is C19H25FN2O. The molecular weight excluding hydrogens is 291 g/mol. The van der Waals surface area contributed by atoms with Crippen molar-refractivity contribution in [2.45, 2.75) is 49.7 Å². The van der Waals surface area contributed by atoms with Gasteiger partial charge in [0.15, 0.2) is 0 Å². The third-order valence-corrected chi connectivity index (χ3v) is 6.71. The average molecular weight is 316 g/mol. The van der Waals surface area contributed by atoms with Crippen molar-refractivity contribution in [1.29, 1.82) is 0 Å². The molecule has 1 unspecified atom stereocenters. The number of hydrogen-bond donors (Lipinski definition) is 1. The smallest absolute Gasteiger partial charge is 0.123 e. The van der Waals surface area contributed by atoms with Gasteiger partial charge in [0, 0.05) is 30.1 Å². The molecule has 0 saturated carbocycles. The minimum Gasteiger partial charge on any atom is -0.384 e. The topological polar surface area (TPSA) is 24.5 Å². The van der Waals surface area contributed by atoms with Crippen molar-refractivity contribution in [1.82, 2.24) is 4.90 Å². The Morgan fingerprint density at radius 3 is 2.87 bits per heavy atom. The molecule has 0 radical (unpaired) electrons. The molecule has 0 aromatic heterocycles. The third kappa shape index (κ3) is 2.30. The number of nitrogens with one attached hydrogen (secondary N) is 1. The number of anilines is 1. The van der Waals surface area contributed by atoms with Crippen LogP contribution in [0.1, 0.15) is 37.7 Å². The van der Waals surface area contributed by atoms with Crippen LogP contribution in [0.15, 0.2) is 18.2 Å². The van der Waals surface area contributed by atoms with Crippen molar-refractivity contribution in [2.24, 2.45) is 5.92 Å². The lowest BCUT2D eigenvalue weighted by molar-refractivity contribution is 0.0768. The largest absolute Gasteiger partial charge is 0.384 e. The Labute approximate surface area is 137 Å². The van der Waals surface area contributed by atoms with Crippen LogP contribution in [-0.4, -0.2) is 43.3 Å². The van der Waals surface area contributed by atoms with Gasteiger partial charge >= 0.3 is 0 Å². The Kier molecular flexibility index (Phi) is 3.21. The summed E-state index contributed by atoms with van der Waals surface area (Å²) < 4.78 is 19.7. The zero-order valence-corrected chi connectivity index (χ0v) is 13.6. The van der Waals surface area contributed by atoms with E-state index in [2.05, 4.69) is 10.2 Å². The first kappa shape index (κ1) is 14.2. The normalized spacial score (nSPS) is 34.7. The second-order valence-corrected chi connectivity index (χ2v) is 7.99. The highest BCUT2D eigenvalue weighted by Crippen LogP contribution is 2.45. The minimum atomic E-state index is -0.103. The fourth-order valence-corrected chi connectivity index (χ4v) is 5.35. The van der Waals surface area contributed by atoms with E-state index in [0.29, 0.717) is 12.2 Å². The number of hydrogen-bond acceptors (Lipinski definition) is 3. The first-order chi connectivity index (χ1) is 11.2. The summed E-state index contributed by atoms with van der Waals surface area (Å²) in [4.78, 5) is 2.62. The van der Waals surface area contributed by atoms with Crippen LogP contribution in [0, 0.1) is 11.7 Å². The summed E-state index contributed by atoms with van der Waals surface area (Å²) in [7, 11) is 0. The lowest BCUT2D eigenvalue weighted by atomic mass is 9.74. The minimum absolute atomic E-state index is 0.103. The Morgan fingerprint density at radius 2 is 2.13 bits per heavy atom. The monoisotopic (exact) mass is 316 g/mol. The predicted molar refractivity (Wildman–Crippen MR) is 88.2 cm³/mol. The first-order valence-corrected chi connectivity index (χ1v) is 9.14. The SMILES string of the molecule is Fc1ccc2c(c1)C1(CCN(CC3C[C@H]4CC[C@H]3O4)CC1)CN2. The number of fused-ring (bicyclic) bond motifs is 4. The van der Waals surface area contributed by atoms with Crippen molar-refractivity contribution in [2.75, 3.05) is 31.5 Å². The van der Waals surface area contributed by atoms with E-state index >= 15 is 0 Å². The molecule has 4 aliphatic rings. The fourth-order valence-electron chi connectivity index (χ4n) is 5.35. The highest BCUT2D eigenvalue weighted by molar-refractivity contribution is 5.60. The highest BCUT2D eigenvalue weighted by atomic mass is 19.1. The van der Waals surface area contributed by atoms with Gasteiger partial charge in [0.25, 0.3) is 0 Å². The van der Waals surface area contributed by atoms with Crippen LogP contribution < -0.4 is 5.32 Å². The van der Waals surface area contributed by atoms with Gasteiger partial charge in [0.2, 0.25) is 0 Å². The predicted octanol–water partition coefficient (Wildman–Crippen LogP) is 3.15. The quantitative estimate of drug-likeness (QED) is 0.907. The molecule has 3 saturated heterocycles. The van der Waals surface area contributed by atoms with Crippen LogP contribution in [0.25, 0.3) is 0 Å². The number of rotatable bonds is 2. The third-order valence-electron chi connectivity index (χ3n) is 6.71. The summed E-state index contributed by atoms with van der Waals surface area (Å²) in [6, 6.07) is 5.22. The van der Waals surface area contributed by atoms with Gasteiger partial charge in [-0.3, -0.25) is 0 Å². The van der Waals surface area contributed by atoms with Crippen molar-refractivity contribution < 1.29 is 9.13 Å². The van der Waals surface area contributed by atoms with E-state index in [4.69, 9.17) is 4.74 Å². The van der Waals surface area contributed by atoms with Gasteiger partial charge in [-0.1, -0.05) is 0 Å². The maximum atomic E-state index is 13.7. The second-order valence-electron chi connectivity index (χ2n) is 7.99. The number of likely N-dealkylation sites (tertiary alicyclic amines) is 1. The Balaban J connectivity index is 1.26. The zero-order chi connectivity index (χ0) is 15.4. The molecule has 4 aliphatic heterocycles. The van der Waals surface area contributed by atoms with Gasteiger partial charge in [-0.15, -0.1) is 0 Å². The molecule has 23 heavy (non-hydrogen) atoms. The summed E-state index contributed by atoms with van der Waals surface area (Å²) in [5, 5.41) is 3.49. The zero-order valence-electron chi connectivity index (χ0n) is 13.6. The van der Waals surface area contributed by atoms with Gasteiger partial charge in [0.1, 0.15) is 5.82 Å². The van der Waals surface area contributed by atoms with Crippen molar-refractivity contribution in [3.8, 4) is 0 Å². The molecule has 124 valence electrons. The lowest BCUT2D eigenvalue weighted by Gasteiger charge is -2.40. The summed E-state index contributed by atoms with van der Waals surface area (Å²) >= 11 is 0. The summed E-state index contributed by atoms with van der Waals surface area (Å²) in [5.74, 6) is 0.641. The van der Waals surface area contributed by atoms with Crippen LogP contribution in [0.2, 0.25) is 0 Å². The molecule has 2 bridgehead atoms. The van der Waals surface area contributed by atoms with Crippen molar-refractivity contribution in [3.63, 3.8) is 0 Å². The van der Waals surface area contributed by atoms with E-state index in [1.54, 1.807) is 12.1 Å². The number of piperidine rings is 1. The average Bonchev–Trinajstić information content (AvgIpc) is 3.25. The van der Waals surface area contributed by atoms with E-state index in [9.17, 15) is 4.39 Å². The summed E-state index contributed by atoms with van der Waals surface area (Å²) in [6.45, 7) is 4.43. The lowest BCUT2D eigenvalue weighted by Crippen LogP contribution is -2.46. The molecule has 3 fully saturated rings. The molecule has 3 nitrogen and oxygen atoms in total. The molecule has 4 heterocycles. The van der Waals surface area contributed by atoms with E-state index < -0.39 is 0 Å². The van der Waals surface area contributed by atoms with Crippen LogP contribution in [-0.2, 0) is 10.2 Å². The number of halogens is 1. The van der Waals surface area contributed by atoms with Crippen LogP contribution >= 0.6 is 0 Å². The van der Waals surface area contributed by atoms with E-state index in [1.807, 2.05) is 6.07 Å². The number of nitrogens with zero attached hydrogens (tertiary/aromatic N) is 1. The van der Waals surface area contributed by atoms with Gasteiger partial charge in [-0.25, -0.2) is 4.39 Å². The van der Waals surface area contributed by atoms with E-state index in [1.165, 1.54) is 31.4 Å². The molecule has 1 aromatic rings. The number of benzene rings is 1.